The summed E-state index contributed by atoms with van der Waals surface area (Å²) in [5.41, 5.74) is 2.54. The van der Waals surface area contributed by atoms with Gasteiger partial charge in [0, 0.05) is 17.0 Å². The van der Waals surface area contributed by atoms with Crippen LogP contribution in [0.4, 0.5) is 0 Å². The molecule has 0 aliphatic carbocycles. The van der Waals surface area contributed by atoms with Gasteiger partial charge in [-0.05, 0) is 43.7 Å². The zero-order chi connectivity index (χ0) is 16.6. The Kier molecular flexibility index (Phi) is 4.36. The van der Waals surface area contributed by atoms with Crippen molar-refractivity contribution in [2.75, 3.05) is 6.61 Å². The van der Waals surface area contributed by atoms with Crippen LogP contribution in [0, 0.1) is 13.8 Å². The Balaban J connectivity index is 1.95. The molecule has 1 atom stereocenters. The molecule has 0 aromatic heterocycles. The lowest BCUT2D eigenvalue weighted by Gasteiger charge is -2.27. The highest BCUT2D eigenvalue weighted by Gasteiger charge is 2.27. The van der Waals surface area contributed by atoms with Crippen molar-refractivity contribution < 1.29 is 13.2 Å². The van der Waals surface area contributed by atoms with E-state index in [-0.39, 0.29) is 6.04 Å². The average Bonchev–Trinajstić information content (AvgIpc) is 2.47. The average molecular weight is 352 g/mol. The molecule has 23 heavy (non-hydrogen) atoms. The van der Waals surface area contributed by atoms with Gasteiger partial charge in [-0.1, -0.05) is 29.3 Å². The molecule has 0 saturated carbocycles. The fourth-order valence-corrected chi connectivity index (χ4v) is 4.50. The molecule has 0 bridgehead atoms. The minimum atomic E-state index is -3.61. The van der Waals surface area contributed by atoms with Gasteiger partial charge in [0.2, 0.25) is 10.0 Å². The normalized spacial score (nSPS) is 17.4. The molecule has 2 aromatic rings. The molecule has 0 saturated heterocycles. The van der Waals surface area contributed by atoms with Gasteiger partial charge in [0.1, 0.15) is 5.75 Å². The summed E-state index contributed by atoms with van der Waals surface area (Å²) in [5, 5.41) is 0.560. The van der Waals surface area contributed by atoms with Crippen LogP contribution in [0.3, 0.4) is 0 Å². The lowest BCUT2D eigenvalue weighted by Crippen LogP contribution is -2.32. The molecular formula is C17H18ClNO3S. The quantitative estimate of drug-likeness (QED) is 0.916. The minimum absolute atomic E-state index is 0.304. The third kappa shape index (κ3) is 3.37. The topological polar surface area (TPSA) is 55.4 Å². The second kappa shape index (κ2) is 6.15. The second-order valence-electron chi connectivity index (χ2n) is 5.76. The van der Waals surface area contributed by atoms with Gasteiger partial charge >= 0.3 is 0 Å². The molecule has 1 N–H and O–H groups in total. The van der Waals surface area contributed by atoms with E-state index in [1.165, 1.54) is 0 Å². The first-order valence-corrected chi connectivity index (χ1v) is 9.25. The second-order valence-corrected chi connectivity index (χ2v) is 7.88. The summed E-state index contributed by atoms with van der Waals surface area (Å²) >= 11 is 6.04. The molecule has 122 valence electrons. The van der Waals surface area contributed by atoms with E-state index in [4.69, 9.17) is 16.3 Å². The summed E-state index contributed by atoms with van der Waals surface area (Å²) < 4.78 is 33.8. The number of aryl methyl sites for hydroxylation is 2. The highest BCUT2D eigenvalue weighted by Crippen LogP contribution is 2.35. The molecule has 3 rings (SSSR count). The molecule has 6 heteroatoms. The van der Waals surface area contributed by atoms with Crippen LogP contribution in [0.25, 0.3) is 0 Å². The first kappa shape index (κ1) is 16.3. The molecule has 2 aromatic carbocycles. The summed E-state index contributed by atoms with van der Waals surface area (Å²) in [5.74, 6) is 0.675. The minimum Gasteiger partial charge on any atom is -0.493 e. The Morgan fingerprint density at radius 3 is 2.70 bits per heavy atom. The number of benzene rings is 2. The fourth-order valence-electron chi connectivity index (χ4n) is 2.84. The zero-order valence-electron chi connectivity index (χ0n) is 13.0. The summed E-state index contributed by atoms with van der Waals surface area (Å²) in [4.78, 5) is 0.304. The van der Waals surface area contributed by atoms with Crippen LogP contribution in [-0.2, 0) is 10.0 Å². The molecule has 1 aliphatic rings. The number of ether oxygens (including phenoxy) is 1. The van der Waals surface area contributed by atoms with Crippen molar-refractivity contribution in [1.29, 1.82) is 0 Å². The predicted molar refractivity (Wildman–Crippen MR) is 90.5 cm³/mol. The Labute approximate surface area is 141 Å². The van der Waals surface area contributed by atoms with Crippen molar-refractivity contribution in [2.45, 2.75) is 31.2 Å². The summed E-state index contributed by atoms with van der Waals surface area (Å²) in [6, 6.07) is 10.2. The molecule has 0 radical (unpaired) electrons. The highest BCUT2D eigenvalue weighted by molar-refractivity contribution is 7.89. The monoisotopic (exact) mass is 351 g/mol. The maximum absolute atomic E-state index is 12.7. The van der Waals surface area contributed by atoms with E-state index in [0.717, 1.165) is 16.7 Å². The Morgan fingerprint density at radius 1 is 1.17 bits per heavy atom. The number of fused-ring (bicyclic) bond motifs is 1. The summed E-state index contributed by atoms with van der Waals surface area (Å²) in [6.07, 6.45) is 0.567. The van der Waals surface area contributed by atoms with Crippen LogP contribution in [0.2, 0.25) is 5.02 Å². The van der Waals surface area contributed by atoms with E-state index < -0.39 is 10.0 Å². The molecular weight excluding hydrogens is 334 g/mol. The van der Waals surface area contributed by atoms with Crippen LogP contribution in [0.1, 0.15) is 29.2 Å². The van der Waals surface area contributed by atoms with E-state index in [9.17, 15) is 8.42 Å². The van der Waals surface area contributed by atoms with Crippen molar-refractivity contribution in [3.63, 3.8) is 0 Å². The third-order valence-electron chi connectivity index (χ3n) is 3.93. The number of halogens is 1. The number of nitrogens with one attached hydrogen (secondary N) is 1. The van der Waals surface area contributed by atoms with E-state index >= 15 is 0 Å². The number of hydrogen-bond donors (Lipinski definition) is 1. The Morgan fingerprint density at radius 2 is 1.96 bits per heavy atom. The molecule has 0 spiro atoms. The molecule has 1 unspecified atom stereocenters. The smallest absolute Gasteiger partial charge is 0.241 e. The Hall–Kier alpha value is -1.56. The molecule has 1 aliphatic heterocycles. The van der Waals surface area contributed by atoms with Gasteiger partial charge in [0.25, 0.3) is 0 Å². The number of rotatable bonds is 3. The lowest BCUT2D eigenvalue weighted by molar-refractivity contribution is 0.263. The van der Waals surface area contributed by atoms with Crippen LogP contribution < -0.4 is 9.46 Å². The van der Waals surface area contributed by atoms with E-state index in [0.29, 0.717) is 28.7 Å². The predicted octanol–water partition coefficient (Wildman–Crippen LogP) is 3.76. The van der Waals surface area contributed by atoms with E-state index in [1.807, 2.05) is 13.0 Å². The maximum atomic E-state index is 12.7. The van der Waals surface area contributed by atoms with Crippen LogP contribution in [0.5, 0.6) is 5.75 Å². The largest absolute Gasteiger partial charge is 0.493 e. The van der Waals surface area contributed by atoms with Gasteiger partial charge in [-0.2, -0.15) is 0 Å². The zero-order valence-corrected chi connectivity index (χ0v) is 14.5. The molecule has 1 heterocycles. The first-order valence-electron chi connectivity index (χ1n) is 7.39. The Bertz CT molecular complexity index is 849. The third-order valence-corrected chi connectivity index (χ3v) is 5.80. The molecule has 0 amide bonds. The SMILES string of the molecule is Cc1ccc(S(=O)(=O)NC2CCOc3ccc(Cl)cc32)c(C)c1. The first-order chi connectivity index (χ1) is 10.9. The molecule has 4 nitrogen and oxygen atoms in total. The van der Waals surface area contributed by atoms with Crippen molar-refractivity contribution in [3.8, 4) is 5.75 Å². The van der Waals surface area contributed by atoms with Gasteiger partial charge in [-0.15, -0.1) is 0 Å². The van der Waals surface area contributed by atoms with E-state index in [2.05, 4.69) is 4.72 Å². The fraction of sp³-hybridized carbons (Fsp3) is 0.294. The van der Waals surface area contributed by atoms with Crippen molar-refractivity contribution >= 4 is 21.6 Å². The van der Waals surface area contributed by atoms with Gasteiger partial charge in [0.05, 0.1) is 17.5 Å². The van der Waals surface area contributed by atoms with Gasteiger partial charge in [-0.25, -0.2) is 13.1 Å². The maximum Gasteiger partial charge on any atom is 0.241 e. The van der Waals surface area contributed by atoms with Gasteiger partial charge in [0.15, 0.2) is 0 Å². The van der Waals surface area contributed by atoms with Crippen molar-refractivity contribution in [3.05, 3.63) is 58.1 Å². The summed E-state index contributed by atoms with van der Waals surface area (Å²) in [7, 11) is -3.61. The van der Waals surface area contributed by atoms with Crippen LogP contribution >= 0.6 is 11.6 Å². The van der Waals surface area contributed by atoms with Gasteiger partial charge < -0.3 is 4.74 Å². The number of sulfonamides is 1. The van der Waals surface area contributed by atoms with Crippen molar-refractivity contribution in [2.24, 2.45) is 0 Å². The van der Waals surface area contributed by atoms with Gasteiger partial charge in [-0.3, -0.25) is 0 Å². The highest BCUT2D eigenvalue weighted by atomic mass is 35.5. The van der Waals surface area contributed by atoms with Crippen LogP contribution in [0.15, 0.2) is 41.3 Å². The lowest BCUT2D eigenvalue weighted by atomic mass is 10.0. The summed E-state index contributed by atoms with van der Waals surface area (Å²) in [6.45, 7) is 4.21. The molecule has 0 fully saturated rings. The number of hydrogen-bond acceptors (Lipinski definition) is 3. The van der Waals surface area contributed by atoms with E-state index in [1.54, 1.807) is 37.3 Å². The standard InChI is InChI=1S/C17H18ClNO3S/c1-11-3-6-17(12(2)9-11)23(20,21)19-15-7-8-22-16-5-4-13(18)10-14(15)16/h3-6,9-10,15,19H,7-8H2,1-2H3. The van der Waals surface area contributed by atoms with Crippen molar-refractivity contribution in [1.82, 2.24) is 4.72 Å². The van der Waals surface area contributed by atoms with Crippen LogP contribution in [-0.4, -0.2) is 15.0 Å².